The Labute approximate surface area is 166 Å². The van der Waals surface area contributed by atoms with Gasteiger partial charge in [-0.3, -0.25) is 14.9 Å². The van der Waals surface area contributed by atoms with Gasteiger partial charge in [0, 0.05) is 28.6 Å². The Morgan fingerprint density at radius 2 is 1.79 bits per heavy atom. The van der Waals surface area contributed by atoms with Crippen LogP contribution in [0.15, 0.2) is 53.9 Å². The molecule has 2 N–H and O–H groups in total. The van der Waals surface area contributed by atoms with Crippen molar-refractivity contribution in [1.82, 2.24) is 4.98 Å². The van der Waals surface area contributed by atoms with Crippen LogP contribution in [0.3, 0.4) is 0 Å². The van der Waals surface area contributed by atoms with E-state index in [4.69, 9.17) is 5.26 Å². The Morgan fingerprint density at radius 1 is 1.07 bits per heavy atom. The number of nitrogens with one attached hydrogen (secondary N) is 2. The lowest BCUT2D eigenvalue weighted by atomic mass is 10.1. The van der Waals surface area contributed by atoms with Crippen molar-refractivity contribution in [2.24, 2.45) is 0 Å². The molecule has 6 nitrogen and oxygen atoms in total. The molecule has 0 aliphatic rings. The molecule has 2 aromatic carbocycles. The second-order valence-electron chi connectivity index (χ2n) is 6.06. The first kappa shape index (κ1) is 19.3. The van der Waals surface area contributed by atoms with Crippen molar-refractivity contribution in [3.8, 4) is 17.3 Å². The lowest BCUT2D eigenvalue weighted by Gasteiger charge is -2.05. The van der Waals surface area contributed by atoms with Gasteiger partial charge in [-0.05, 0) is 42.8 Å². The summed E-state index contributed by atoms with van der Waals surface area (Å²) in [6.07, 6.45) is 1.30. The summed E-state index contributed by atoms with van der Waals surface area (Å²) in [6, 6.07) is 15.8. The minimum Gasteiger partial charge on any atom is -0.326 e. The van der Waals surface area contributed by atoms with Crippen LogP contribution in [-0.4, -0.2) is 16.8 Å². The molecular formula is C21H18N4O2S. The van der Waals surface area contributed by atoms with E-state index in [1.807, 2.05) is 42.6 Å². The molecule has 3 rings (SSSR count). The van der Waals surface area contributed by atoms with Gasteiger partial charge in [0.25, 0.3) is 5.91 Å². The quantitative estimate of drug-likeness (QED) is 0.639. The van der Waals surface area contributed by atoms with E-state index in [-0.39, 0.29) is 11.8 Å². The molecular weight excluding hydrogens is 372 g/mol. The maximum Gasteiger partial charge on any atom is 0.257 e. The third-order valence-corrected chi connectivity index (χ3v) is 4.70. The van der Waals surface area contributed by atoms with Gasteiger partial charge in [0.2, 0.25) is 5.91 Å². The number of nitriles is 1. The summed E-state index contributed by atoms with van der Waals surface area (Å²) in [5.74, 6) is -0.281. The van der Waals surface area contributed by atoms with E-state index in [0.29, 0.717) is 22.7 Å². The highest BCUT2D eigenvalue weighted by Crippen LogP contribution is 2.26. The van der Waals surface area contributed by atoms with Crippen molar-refractivity contribution in [2.75, 3.05) is 10.6 Å². The fraction of sp³-hybridized carbons (Fsp3) is 0.143. The number of rotatable bonds is 6. The third kappa shape index (κ3) is 4.81. The van der Waals surface area contributed by atoms with Gasteiger partial charge < -0.3 is 5.32 Å². The minimum absolute atomic E-state index is 0.00305. The van der Waals surface area contributed by atoms with Gasteiger partial charge >= 0.3 is 0 Å². The zero-order valence-corrected chi connectivity index (χ0v) is 16.0. The fourth-order valence-corrected chi connectivity index (χ4v) is 3.22. The summed E-state index contributed by atoms with van der Waals surface area (Å²) in [4.78, 5) is 28.4. The number of anilines is 2. The molecule has 7 heteroatoms. The third-order valence-electron chi connectivity index (χ3n) is 3.94. The average Bonchev–Trinajstić information content (AvgIpc) is 3.17. The molecule has 1 heterocycles. The molecule has 0 radical (unpaired) electrons. The maximum atomic E-state index is 12.3. The normalized spacial score (nSPS) is 10.1. The average molecular weight is 390 g/mol. The van der Waals surface area contributed by atoms with Crippen molar-refractivity contribution in [3.05, 3.63) is 65.0 Å². The highest BCUT2D eigenvalue weighted by atomic mass is 32.1. The van der Waals surface area contributed by atoms with E-state index in [1.54, 1.807) is 24.3 Å². The summed E-state index contributed by atoms with van der Waals surface area (Å²) >= 11 is 1.33. The van der Waals surface area contributed by atoms with Gasteiger partial charge in [0.05, 0.1) is 17.3 Å². The second kappa shape index (κ2) is 8.93. The van der Waals surface area contributed by atoms with E-state index < -0.39 is 0 Å². The Kier molecular flexibility index (Phi) is 6.14. The Balaban J connectivity index is 1.65. The summed E-state index contributed by atoms with van der Waals surface area (Å²) in [7, 11) is 0. The number of carbonyl (C=O) groups excluding carboxylic acids is 2. The lowest BCUT2D eigenvalue weighted by molar-refractivity contribution is -0.116. The highest BCUT2D eigenvalue weighted by molar-refractivity contribution is 7.14. The van der Waals surface area contributed by atoms with Crippen molar-refractivity contribution >= 4 is 34.0 Å². The fourth-order valence-electron chi connectivity index (χ4n) is 2.50. The molecule has 0 fully saturated rings. The number of hydrogen-bond donors (Lipinski definition) is 2. The molecule has 28 heavy (non-hydrogen) atoms. The molecule has 0 saturated heterocycles. The molecule has 0 aliphatic heterocycles. The number of aromatic nitrogens is 1. The van der Waals surface area contributed by atoms with Gasteiger partial charge in [0.15, 0.2) is 5.13 Å². The number of thiazole rings is 1. The summed E-state index contributed by atoms with van der Waals surface area (Å²) < 4.78 is 0. The van der Waals surface area contributed by atoms with Crippen LogP contribution in [-0.2, 0) is 4.79 Å². The first-order chi connectivity index (χ1) is 13.6. The molecule has 0 bridgehead atoms. The van der Waals surface area contributed by atoms with E-state index in [0.717, 1.165) is 23.4 Å². The molecule has 2 amide bonds. The van der Waals surface area contributed by atoms with E-state index in [2.05, 4.69) is 15.6 Å². The smallest absolute Gasteiger partial charge is 0.257 e. The molecule has 0 atom stereocenters. The van der Waals surface area contributed by atoms with Crippen LogP contribution in [0.4, 0.5) is 10.8 Å². The number of benzene rings is 2. The largest absolute Gasteiger partial charge is 0.326 e. The van der Waals surface area contributed by atoms with Gasteiger partial charge in [-0.25, -0.2) is 4.98 Å². The van der Waals surface area contributed by atoms with Crippen LogP contribution in [0.25, 0.3) is 11.3 Å². The SMILES string of the molecule is CCCC(=O)Nc1ccc(-c2csc(NC(=O)c3ccc(C#N)cc3)n2)cc1. The van der Waals surface area contributed by atoms with Crippen LogP contribution < -0.4 is 10.6 Å². The molecule has 1 aromatic heterocycles. The summed E-state index contributed by atoms with van der Waals surface area (Å²) in [5.41, 5.74) is 3.34. The monoisotopic (exact) mass is 390 g/mol. The lowest BCUT2D eigenvalue weighted by Crippen LogP contribution is -2.11. The van der Waals surface area contributed by atoms with Gasteiger partial charge in [-0.15, -0.1) is 11.3 Å². The zero-order chi connectivity index (χ0) is 19.9. The summed E-state index contributed by atoms with van der Waals surface area (Å²) in [6.45, 7) is 1.96. The zero-order valence-electron chi connectivity index (χ0n) is 15.2. The van der Waals surface area contributed by atoms with Gasteiger partial charge in [-0.1, -0.05) is 19.1 Å². The number of hydrogen-bond acceptors (Lipinski definition) is 5. The van der Waals surface area contributed by atoms with Crippen molar-refractivity contribution in [1.29, 1.82) is 5.26 Å². The van der Waals surface area contributed by atoms with Crippen LogP contribution in [0.2, 0.25) is 0 Å². The highest BCUT2D eigenvalue weighted by Gasteiger charge is 2.10. The Bertz CT molecular complexity index is 1020. The number of nitrogens with zero attached hydrogens (tertiary/aromatic N) is 2. The maximum absolute atomic E-state index is 12.3. The molecule has 140 valence electrons. The first-order valence-corrected chi connectivity index (χ1v) is 9.64. The number of carbonyl (C=O) groups is 2. The van der Waals surface area contributed by atoms with Gasteiger partial charge in [0.1, 0.15) is 0 Å². The Hall–Kier alpha value is -3.50. The van der Waals surface area contributed by atoms with Crippen LogP contribution in [0, 0.1) is 11.3 Å². The van der Waals surface area contributed by atoms with E-state index >= 15 is 0 Å². The predicted octanol–water partition coefficient (Wildman–Crippen LogP) is 4.67. The van der Waals surface area contributed by atoms with Crippen LogP contribution in [0.5, 0.6) is 0 Å². The minimum atomic E-state index is -0.278. The molecule has 0 spiro atoms. The topological polar surface area (TPSA) is 94.9 Å². The van der Waals surface area contributed by atoms with Crippen molar-refractivity contribution in [2.45, 2.75) is 19.8 Å². The van der Waals surface area contributed by atoms with E-state index in [1.165, 1.54) is 11.3 Å². The van der Waals surface area contributed by atoms with Crippen LogP contribution >= 0.6 is 11.3 Å². The van der Waals surface area contributed by atoms with Crippen molar-refractivity contribution < 1.29 is 9.59 Å². The molecule has 0 saturated carbocycles. The van der Waals surface area contributed by atoms with Crippen molar-refractivity contribution in [3.63, 3.8) is 0 Å². The molecule has 0 aliphatic carbocycles. The molecule has 0 unspecified atom stereocenters. The standard InChI is InChI=1S/C21H18N4O2S/c1-2-3-19(26)23-17-10-8-15(9-11-17)18-13-28-21(24-18)25-20(27)16-6-4-14(12-22)5-7-16/h4-11,13H,2-3H2,1H3,(H,23,26)(H,24,25,27). The first-order valence-electron chi connectivity index (χ1n) is 8.76. The molecule has 3 aromatic rings. The number of amides is 2. The second-order valence-corrected chi connectivity index (χ2v) is 6.91. The van der Waals surface area contributed by atoms with Crippen LogP contribution in [0.1, 0.15) is 35.7 Å². The van der Waals surface area contributed by atoms with Gasteiger partial charge in [-0.2, -0.15) is 5.26 Å². The Morgan fingerprint density at radius 3 is 2.43 bits per heavy atom. The summed E-state index contributed by atoms with van der Waals surface area (Å²) in [5, 5.41) is 16.8. The van der Waals surface area contributed by atoms with E-state index in [9.17, 15) is 9.59 Å². The predicted molar refractivity (Wildman–Crippen MR) is 110 cm³/mol.